The molecule has 2 heterocycles. The molecule has 1 aliphatic carbocycles. The lowest BCUT2D eigenvalue weighted by Gasteiger charge is -2.48. The van der Waals surface area contributed by atoms with Gasteiger partial charge in [0, 0.05) is 42.8 Å². The number of anilines is 1. The second kappa shape index (κ2) is 8.32. The van der Waals surface area contributed by atoms with Crippen molar-refractivity contribution in [1.29, 1.82) is 5.26 Å². The molecule has 2 aromatic carbocycles. The quantitative estimate of drug-likeness (QED) is 0.720. The molecule has 0 aromatic heterocycles. The van der Waals surface area contributed by atoms with Crippen LogP contribution in [0.1, 0.15) is 54.0 Å². The van der Waals surface area contributed by atoms with Crippen LogP contribution in [-0.2, 0) is 22.9 Å². The summed E-state index contributed by atoms with van der Waals surface area (Å²) in [5.74, 6) is 0.765. The highest BCUT2D eigenvalue weighted by atomic mass is 32.2. The molecule has 0 amide bonds. The Kier molecular flexibility index (Phi) is 5.60. The summed E-state index contributed by atoms with van der Waals surface area (Å²) in [7, 11) is -3.34. The van der Waals surface area contributed by atoms with E-state index in [2.05, 4.69) is 21.8 Å². The molecule has 33 heavy (non-hydrogen) atoms. The van der Waals surface area contributed by atoms with E-state index in [4.69, 9.17) is 15.7 Å². The maximum Gasteiger partial charge on any atom is 0.229 e. The molecule has 2 aliphatic heterocycles. The van der Waals surface area contributed by atoms with E-state index in [1.807, 2.05) is 18.2 Å². The van der Waals surface area contributed by atoms with Gasteiger partial charge in [-0.15, -0.1) is 0 Å². The van der Waals surface area contributed by atoms with Crippen molar-refractivity contribution in [2.45, 2.75) is 56.2 Å². The van der Waals surface area contributed by atoms with Gasteiger partial charge in [-0.05, 0) is 73.6 Å². The van der Waals surface area contributed by atoms with E-state index in [9.17, 15) is 8.42 Å². The van der Waals surface area contributed by atoms with Gasteiger partial charge in [0.05, 0.1) is 17.9 Å². The zero-order valence-electron chi connectivity index (χ0n) is 18.9. The van der Waals surface area contributed by atoms with E-state index in [-0.39, 0.29) is 11.6 Å². The van der Waals surface area contributed by atoms with Crippen molar-refractivity contribution in [3.8, 4) is 11.8 Å². The molecule has 174 valence electrons. The summed E-state index contributed by atoms with van der Waals surface area (Å²) in [5, 5.41) is 9.15. The Morgan fingerprint density at radius 3 is 2.70 bits per heavy atom. The van der Waals surface area contributed by atoms with Crippen molar-refractivity contribution in [2.24, 2.45) is 5.73 Å². The highest BCUT2D eigenvalue weighted by molar-refractivity contribution is 7.92. The number of hydrogen-bond donors (Lipinski definition) is 2. The van der Waals surface area contributed by atoms with Gasteiger partial charge in [-0.2, -0.15) is 5.26 Å². The van der Waals surface area contributed by atoms with E-state index in [0.717, 1.165) is 74.7 Å². The number of rotatable bonds is 3. The van der Waals surface area contributed by atoms with E-state index in [1.165, 1.54) is 11.1 Å². The highest BCUT2D eigenvalue weighted by Gasteiger charge is 2.43. The van der Waals surface area contributed by atoms with Gasteiger partial charge in [0.15, 0.2) is 0 Å². The smallest absolute Gasteiger partial charge is 0.229 e. The number of piperidine rings is 1. The average molecular weight is 467 g/mol. The van der Waals surface area contributed by atoms with Gasteiger partial charge in [0.2, 0.25) is 10.0 Å². The Balaban J connectivity index is 1.25. The molecular formula is C25H30N4O3S. The minimum atomic E-state index is -3.34. The molecule has 1 saturated heterocycles. The van der Waals surface area contributed by atoms with Crippen LogP contribution in [0.15, 0.2) is 36.4 Å². The van der Waals surface area contributed by atoms with E-state index in [1.54, 1.807) is 12.1 Å². The molecule has 3 aliphatic rings. The zero-order valence-corrected chi connectivity index (χ0v) is 19.7. The third-order valence-electron chi connectivity index (χ3n) is 7.39. The van der Waals surface area contributed by atoms with E-state index >= 15 is 0 Å². The molecule has 1 fully saturated rings. The number of benzene rings is 2. The normalized spacial score (nSPS) is 24.3. The lowest BCUT2D eigenvalue weighted by molar-refractivity contribution is -0.0323. The van der Waals surface area contributed by atoms with Crippen LogP contribution in [0.3, 0.4) is 0 Å². The van der Waals surface area contributed by atoms with Crippen molar-refractivity contribution in [2.75, 3.05) is 24.1 Å². The van der Waals surface area contributed by atoms with Crippen LogP contribution < -0.4 is 15.2 Å². The van der Waals surface area contributed by atoms with Crippen molar-refractivity contribution in [3.05, 3.63) is 58.7 Å². The predicted octanol–water partition coefficient (Wildman–Crippen LogP) is 3.10. The maximum atomic E-state index is 11.6. The van der Waals surface area contributed by atoms with Gasteiger partial charge < -0.3 is 10.5 Å². The van der Waals surface area contributed by atoms with Crippen LogP contribution in [0.4, 0.5) is 5.69 Å². The lowest BCUT2D eigenvalue weighted by Crippen LogP contribution is -2.54. The zero-order chi connectivity index (χ0) is 23.2. The number of hydrogen-bond acceptors (Lipinski definition) is 6. The standard InChI is InChI=1S/C25H30N4O3S/c1-33(30,31)28-20-5-7-24-22(14-20)23(27)15-25(32-24)8-10-29(11-9-25)21-6-4-18-12-17(16-26)2-3-19(18)13-21/h2-3,5,7,12,14,21,23,28H,4,6,8-11,13,15,27H2,1H3/t21?,23-/m0/s1. The minimum absolute atomic E-state index is 0.183. The topological polar surface area (TPSA) is 108 Å². The Hall–Kier alpha value is -2.60. The lowest BCUT2D eigenvalue weighted by atomic mass is 9.79. The summed E-state index contributed by atoms with van der Waals surface area (Å²) in [4.78, 5) is 2.59. The first kappa shape index (κ1) is 22.2. The van der Waals surface area contributed by atoms with Gasteiger partial charge in [-0.25, -0.2) is 8.42 Å². The number of nitrogens with zero attached hydrogens (tertiary/aromatic N) is 2. The van der Waals surface area contributed by atoms with Gasteiger partial charge in [0.25, 0.3) is 0 Å². The number of nitrogens with two attached hydrogens (primary N) is 1. The summed E-state index contributed by atoms with van der Waals surface area (Å²) in [6, 6.07) is 14.0. The molecule has 2 atom stereocenters. The average Bonchev–Trinajstić information content (AvgIpc) is 2.78. The van der Waals surface area contributed by atoms with Crippen molar-refractivity contribution >= 4 is 15.7 Å². The molecule has 1 spiro atoms. The number of nitrogens with one attached hydrogen (secondary N) is 1. The fraction of sp³-hybridized carbons (Fsp3) is 0.480. The number of aryl methyl sites for hydroxylation is 1. The summed E-state index contributed by atoms with van der Waals surface area (Å²) in [6.45, 7) is 1.96. The van der Waals surface area contributed by atoms with Crippen LogP contribution >= 0.6 is 0 Å². The van der Waals surface area contributed by atoms with Gasteiger partial charge >= 0.3 is 0 Å². The van der Waals surface area contributed by atoms with Crippen LogP contribution in [0.2, 0.25) is 0 Å². The first-order valence-electron chi connectivity index (χ1n) is 11.6. The Morgan fingerprint density at radius 2 is 1.97 bits per heavy atom. The molecule has 2 aromatic rings. The van der Waals surface area contributed by atoms with Crippen LogP contribution in [-0.4, -0.2) is 44.3 Å². The van der Waals surface area contributed by atoms with Gasteiger partial charge in [-0.1, -0.05) is 6.07 Å². The molecule has 5 rings (SSSR count). The monoisotopic (exact) mass is 466 g/mol. The molecular weight excluding hydrogens is 436 g/mol. The fourth-order valence-corrected chi connectivity index (χ4v) is 6.27. The molecule has 0 saturated carbocycles. The molecule has 3 N–H and O–H groups in total. The van der Waals surface area contributed by atoms with Gasteiger partial charge in [0.1, 0.15) is 11.4 Å². The second-order valence-electron chi connectivity index (χ2n) is 9.75. The van der Waals surface area contributed by atoms with Crippen LogP contribution in [0, 0.1) is 11.3 Å². The maximum absolute atomic E-state index is 11.6. The second-order valence-corrected chi connectivity index (χ2v) is 11.5. The number of fused-ring (bicyclic) bond motifs is 2. The molecule has 0 bridgehead atoms. The van der Waals surface area contributed by atoms with E-state index < -0.39 is 10.0 Å². The Morgan fingerprint density at radius 1 is 1.18 bits per heavy atom. The molecule has 7 nitrogen and oxygen atoms in total. The first-order valence-corrected chi connectivity index (χ1v) is 13.5. The summed E-state index contributed by atoms with van der Waals surface area (Å²) >= 11 is 0. The van der Waals surface area contributed by atoms with E-state index in [0.29, 0.717) is 11.7 Å². The molecule has 0 radical (unpaired) electrons. The first-order chi connectivity index (χ1) is 15.7. The number of likely N-dealkylation sites (tertiary alicyclic amines) is 1. The summed E-state index contributed by atoms with van der Waals surface area (Å²) in [5.41, 5.74) is 11.1. The summed E-state index contributed by atoms with van der Waals surface area (Å²) < 4.78 is 32.2. The third-order valence-corrected chi connectivity index (χ3v) is 8.00. The van der Waals surface area contributed by atoms with Gasteiger partial charge in [-0.3, -0.25) is 9.62 Å². The Bertz CT molecular complexity index is 1210. The third kappa shape index (κ3) is 4.58. The highest BCUT2D eigenvalue weighted by Crippen LogP contribution is 2.44. The molecule has 1 unspecified atom stereocenters. The van der Waals surface area contributed by atoms with Crippen LogP contribution in [0.25, 0.3) is 0 Å². The summed E-state index contributed by atoms with van der Waals surface area (Å²) in [6.07, 6.45) is 6.92. The minimum Gasteiger partial charge on any atom is -0.487 e. The Labute approximate surface area is 195 Å². The van der Waals surface area contributed by atoms with Crippen molar-refractivity contribution < 1.29 is 13.2 Å². The fourth-order valence-electron chi connectivity index (χ4n) is 5.71. The SMILES string of the molecule is CS(=O)(=O)Nc1ccc2c(c1)[C@@H](N)CC1(CCN(C3CCc4cc(C#N)ccc4C3)CC1)O2. The largest absolute Gasteiger partial charge is 0.487 e. The predicted molar refractivity (Wildman–Crippen MR) is 128 cm³/mol. The number of nitriles is 1. The van der Waals surface area contributed by atoms with Crippen LogP contribution in [0.5, 0.6) is 5.75 Å². The number of sulfonamides is 1. The molecule has 8 heteroatoms. The van der Waals surface area contributed by atoms with Crippen molar-refractivity contribution in [1.82, 2.24) is 4.90 Å². The van der Waals surface area contributed by atoms with Crippen molar-refractivity contribution in [3.63, 3.8) is 0 Å². The number of ether oxygens (including phenoxy) is 1.